The van der Waals surface area contributed by atoms with E-state index in [1.165, 1.54) is 0 Å². The van der Waals surface area contributed by atoms with Gasteiger partial charge in [-0.3, -0.25) is 9.59 Å². The molecular weight excluding hydrogens is 230 g/mol. The summed E-state index contributed by atoms with van der Waals surface area (Å²) in [6.45, 7) is 2.44. The maximum Gasteiger partial charge on any atom is 0.245 e. The van der Waals surface area contributed by atoms with Crippen LogP contribution in [0.15, 0.2) is 0 Å². The first-order valence-electron chi connectivity index (χ1n) is 7.02. The third-order valence-corrected chi connectivity index (χ3v) is 3.88. The van der Waals surface area contributed by atoms with Gasteiger partial charge >= 0.3 is 0 Å². The number of fused-ring (bicyclic) bond motifs is 1. The second-order valence-corrected chi connectivity index (χ2v) is 5.21. The number of hydrogen-bond donors (Lipinski definition) is 1. The Kier molecular flexibility index (Phi) is 4.58. The van der Waals surface area contributed by atoms with Crippen molar-refractivity contribution in [1.29, 1.82) is 0 Å². The Morgan fingerprint density at radius 1 is 1.17 bits per heavy atom. The maximum absolute atomic E-state index is 12.3. The third-order valence-electron chi connectivity index (χ3n) is 3.88. The minimum absolute atomic E-state index is 0.123. The summed E-state index contributed by atoms with van der Waals surface area (Å²) in [4.78, 5) is 27.8. The lowest BCUT2D eigenvalue weighted by atomic mass is 9.98. The zero-order chi connectivity index (χ0) is 13.0. The van der Waals surface area contributed by atoms with Gasteiger partial charge in [0.1, 0.15) is 6.04 Å². The summed E-state index contributed by atoms with van der Waals surface area (Å²) in [7, 11) is 0. The summed E-state index contributed by atoms with van der Waals surface area (Å²) in [5, 5.41) is 0. The van der Waals surface area contributed by atoms with Crippen LogP contribution in [0.3, 0.4) is 0 Å². The van der Waals surface area contributed by atoms with Gasteiger partial charge in [0, 0.05) is 13.1 Å². The number of hydrogen-bond acceptors (Lipinski definition) is 3. The molecule has 1 atom stereocenters. The highest BCUT2D eigenvalue weighted by Crippen LogP contribution is 2.23. The maximum atomic E-state index is 12.3. The van der Waals surface area contributed by atoms with Crippen LogP contribution in [-0.2, 0) is 9.59 Å². The first kappa shape index (κ1) is 13.3. The number of amides is 2. The standard InChI is InChI=1S/C13H23N3O2/c14-7-3-1-4-8-15-10-12(17)16-9-5-2-6-11(16)13(15)18/h11H,1-10,14H2. The zero-order valence-corrected chi connectivity index (χ0v) is 10.9. The van der Waals surface area contributed by atoms with Crippen molar-refractivity contribution >= 4 is 11.8 Å². The fraction of sp³-hybridized carbons (Fsp3) is 0.846. The van der Waals surface area contributed by atoms with E-state index in [0.717, 1.165) is 45.1 Å². The minimum atomic E-state index is -0.172. The van der Waals surface area contributed by atoms with Crippen molar-refractivity contribution in [3.8, 4) is 0 Å². The second kappa shape index (κ2) is 6.18. The SMILES string of the molecule is NCCCCCN1CC(=O)N2CCCCC2C1=O. The van der Waals surface area contributed by atoms with Crippen molar-refractivity contribution in [1.82, 2.24) is 9.80 Å². The monoisotopic (exact) mass is 253 g/mol. The average Bonchev–Trinajstić information content (AvgIpc) is 2.40. The minimum Gasteiger partial charge on any atom is -0.332 e. The normalized spacial score (nSPS) is 24.4. The number of carbonyl (C=O) groups excluding carboxylic acids is 2. The number of nitrogens with zero attached hydrogens (tertiary/aromatic N) is 2. The van der Waals surface area contributed by atoms with E-state index in [1.807, 2.05) is 0 Å². The molecule has 0 aliphatic carbocycles. The van der Waals surface area contributed by atoms with Crippen LogP contribution in [0.5, 0.6) is 0 Å². The number of nitrogens with two attached hydrogens (primary N) is 1. The molecule has 2 N–H and O–H groups in total. The predicted octanol–water partition coefficient (Wildman–Crippen LogP) is 0.339. The van der Waals surface area contributed by atoms with Crippen LogP contribution in [0.4, 0.5) is 0 Å². The molecule has 0 saturated carbocycles. The number of piperazine rings is 1. The molecule has 2 aliphatic rings. The van der Waals surface area contributed by atoms with Crippen molar-refractivity contribution < 1.29 is 9.59 Å². The summed E-state index contributed by atoms with van der Waals surface area (Å²) >= 11 is 0. The van der Waals surface area contributed by atoms with E-state index >= 15 is 0 Å². The number of rotatable bonds is 5. The summed E-state index contributed by atoms with van der Waals surface area (Å²) < 4.78 is 0. The molecule has 0 bridgehead atoms. The fourth-order valence-corrected chi connectivity index (χ4v) is 2.84. The van der Waals surface area contributed by atoms with Gasteiger partial charge in [-0.15, -0.1) is 0 Å². The van der Waals surface area contributed by atoms with Gasteiger partial charge in [-0.1, -0.05) is 6.42 Å². The Bertz CT molecular complexity index is 319. The Morgan fingerprint density at radius 2 is 2.00 bits per heavy atom. The summed E-state index contributed by atoms with van der Waals surface area (Å²) in [5.74, 6) is 0.278. The summed E-state index contributed by atoms with van der Waals surface area (Å²) in [6, 6.07) is -0.172. The molecule has 0 aromatic carbocycles. The Balaban J connectivity index is 1.88. The van der Waals surface area contributed by atoms with Crippen molar-refractivity contribution in [3.05, 3.63) is 0 Å². The van der Waals surface area contributed by atoms with Gasteiger partial charge < -0.3 is 15.5 Å². The molecule has 0 spiro atoms. The molecule has 5 nitrogen and oxygen atoms in total. The van der Waals surface area contributed by atoms with Crippen molar-refractivity contribution in [2.45, 2.75) is 44.6 Å². The highest BCUT2D eigenvalue weighted by molar-refractivity contribution is 5.95. The Morgan fingerprint density at radius 3 is 2.78 bits per heavy atom. The van der Waals surface area contributed by atoms with E-state index in [0.29, 0.717) is 13.1 Å². The molecule has 102 valence electrons. The molecule has 0 aromatic heterocycles. The highest BCUT2D eigenvalue weighted by Gasteiger charge is 2.39. The van der Waals surface area contributed by atoms with E-state index in [2.05, 4.69) is 0 Å². The summed E-state index contributed by atoms with van der Waals surface area (Å²) in [5.41, 5.74) is 5.44. The van der Waals surface area contributed by atoms with Crippen LogP contribution in [0.25, 0.3) is 0 Å². The van der Waals surface area contributed by atoms with E-state index < -0.39 is 0 Å². The largest absolute Gasteiger partial charge is 0.332 e. The van der Waals surface area contributed by atoms with Gasteiger partial charge in [-0.05, 0) is 38.6 Å². The molecule has 2 aliphatic heterocycles. The molecule has 5 heteroatoms. The van der Waals surface area contributed by atoms with Gasteiger partial charge in [0.05, 0.1) is 6.54 Å². The molecule has 2 rings (SSSR count). The van der Waals surface area contributed by atoms with Gasteiger partial charge in [-0.2, -0.15) is 0 Å². The lowest BCUT2D eigenvalue weighted by Crippen LogP contribution is -2.61. The second-order valence-electron chi connectivity index (χ2n) is 5.21. The van der Waals surface area contributed by atoms with Crippen LogP contribution in [0, 0.1) is 0 Å². The average molecular weight is 253 g/mol. The first-order valence-corrected chi connectivity index (χ1v) is 7.02. The van der Waals surface area contributed by atoms with Crippen molar-refractivity contribution in [2.75, 3.05) is 26.2 Å². The van der Waals surface area contributed by atoms with Crippen LogP contribution < -0.4 is 5.73 Å². The smallest absolute Gasteiger partial charge is 0.245 e. The lowest BCUT2D eigenvalue weighted by molar-refractivity contribution is -0.157. The van der Waals surface area contributed by atoms with Gasteiger partial charge in [0.25, 0.3) is 0 Å². The highest BCUT2D eigenvalue weighted by atomic mass is 16.2. The van der Waals surface area contributed by atoms with Crippen LogP contribution in [0.2, 0.25) is 0 Å². The van der Waals surface area contributed by atoms with Crippen molar-refractivity contribution in [2.24, 2.45) is 5.73 Å². The molecule has 0 aromatic rings. The molecule has 2 fully saturated rings. The topological polar surface area (TPSA) is 66.6 Å². The molecular formula is C13H23N3O2. The first-order chi connectivity index (χ1) is 8.74. The molecule has 2 saturated heterocycles. The Hall–Kier alpha value is -1.10. The molecule has 1 unspecified atom stereocenters. The number of carbonyl (C=O) groups is 2. The molecule has 0 radical (unpaired) electrons. The van der Waals surface area contributed by atoms with Crippen LogP contribution >= 0.6 is 0 Å². The van der Waals surface area contributed by atoms with Gasteiger partial charge in [-0.25, -0.2) is 0 Å². The molecule has 2 amide bonds. The van der Waals surface area contributed by atoms with Gasteiger partial charge in [0.15, 0.2) is 0 Å². The third kappa shape index (κ3) is 2.83. The van der Waals surface area contributed by atoms with E-state index in [1.54, 1.807) is 9.80 Å². The predicted molar refractivity (Wildman–Crippen MR) is 68.8 cm³/mol. The van der Waals surface area contributed by atoms with Crippen LogP contribution in [-0.4, -0.2) is 53.8 Å². The number of piperidine rings is 1. The van der Waals surface area contributed by atoms with Crippen LogP contribution in [0.1, 0.15) is 38.5 Å². The summed E-state index contributed by atoms with van der Waals surface area (Å²) in [6.07, 6.45) is 5.90. The van der Waals surface area contributed by atoms with E-state index in [4.69, 9.17) is 5.73 Å². The quantitative estimate of drug-likeness (QED) is 0.718. The van der Waals surface area contributed by atoms with Crippen molar-refractivity contribution in [3.63, 3.8) is 0 Å². The van der Waals surface area contributed by atoms with Gasteiger partial charge in [0.2, 0.25) is 11.8 Å². The molecule has 2 heterocycles. The van der Waals surface area contributed by atoms with E-state index in [9.17, 15) is 9.59 Å². The fourth-order valence-electron chi connectivity index (χ4n) is 2.84. The lowest BCUT2D eigenvalue weighted by Gasteiger charge is -2.42. The number of unbranched alkanes of at least 4 members (excludes halogenated alkanes) is 2. The van der Waals surface area contributed by atoms with E-state index in [-0.39, 0.29) is 24.4 Å². The Labute approximate surface area is 108 Å². The molecule has 18 heavy (non-hydrogen) atoms. The zero-order valence-electron chi connectivity index (χ0n) is 10.9.